The van der Waals surface area contributed by atoms with Crippen molar-refractivity contribution in [2.75, 3.05) is 20.3 Å². The number of hydrogen-bond acceptors (Lipinski definition) is 4. The molecule has 1 aromatic heterocycles. The summed E-state index contributed by atoms with van der Waals surface area (Å²) >= 11 is 1.79. The van der Waals surface area contributed by atoms with Crippen molar-refractivity contribution < 1.29 is 4.74 Å². The van der Waals surface area contributed by atoms with Crippen LogP contribution in [0.4, 0.5) is 0 Å². The van der Waals surface area contributed by atoms with Gasteiger partial charge in [0.05, 0.1) is 12.1 Å². The van der Waals surface area contributed by atoms with Crippen LogP contribution < -0.4 is 5.32 Å². The molecule has 0 bridgehead atoms. The van der Waals surface area contributed by atoms with Crippen molar-refractivity contribution in [3.05, 3.63) is 16.1 Å². The lowest BCUT2D eigenvalue weighted by Crippen LogP contribution is -2.46. The topological polar surface area (TPSA) is 34.1 Å². The number of methoxy groups -OCH3 is 1. The number of aryl methyl sites for hydroxylation is 1. The summed E-state index contributed by atoms with van der Waals surface area (Å²) in [5.41, 5.74) is 1.15. The monoisotopic (exact) mass is 268 g/mol. The van der Waals surface area contributed by atoms with Crippen molar-refractivity contribution in [3.63, 3.8) is 0 Å². The quantitative estimate of drug-likeness (QED) is 0.805. The molecule has 1 fully saturated rings. The van der Waals surface area contributed by atoms with E-state index in [1.54, 1.807) is 18.4 Å². The average Bonchev–Trinajstić information content (AvgIpc) is 3.00. The molecule has 102 valence electrons. The van der Waals surface area contributed by atoms with E-state index < -0.39 is 0 Å². The van der Waals surface area contributed by atoms with Crippen molar-refractivity contribution in [1.29, 1.82) is 0 Å². The molecule has 0 radical (unpaired) electrons. The van der Waals surface area contributed by atoms with Crippen LogP contribution in [0.5, 0.6) is 0 Å². The van der Waals surface area contributed by atoms with Gasteiger partial charge in [0.1, 0.15) is 5.01 Å². The van der Waals surface area contributed by atoms with Gasteiger partial charge in [-0.15, -0.1) is 11.3 Å². The number of nitrogens with zero attached hydrogens (tertiary/aromatic N) is 1. The van der Waals surface area contributed by atoms with E-state index in [0.29, 0.717) is 5.92 Å². The van der Waals surface area contributed by atoms with Crippen LogP contribution in [0.15, 0.2) is 5.38 Å². The molecule has 1 saturated carbocycles. The fraction of sp³-hybridized carbons (Fsp3) is 0.786. The molecule has 1 aliphatic rings. The van der Waals surface area contributed by atoms with Gasteiger partial charge in [-0.3, -0.25) is 0 Å². The van der Waals surface area contributed by atoms with Crippen molar-refractivity contribution in [3.8, 4) is 0 Å². The minimum absolute atomic E-state index is 0.0218. The van der Waals surface area contributed by atoms with E-state index >= 15 is 0 Å². The number of nitrogens with one attached hydrogen (secondary N) is 1. The Labute approximate surface area is 114 Å². The summed E-state index contributed by atoms with van der Waals surface area (Å²) in [7, 11) is 1.75. The van der Waals surface area contributed by atoms with E-state index in [0.717, 1.165) is 18.8 Å². The van der Waals surface area contributed by atoms with Gasteiger partial charge in [0, 0.05) is 24.7 Å². The molecule has 2 rings (SSSR count). The summed E-state index contributed by atoms with van der Waals surface area (Å²) in [6.45, 7) is 6.04. The van der Waals surface area contributed by atoms with Crippen molar-refractivity contribution >= 4 is 11.3 Å². The molecule has 18 heavy (non-hydrogen) atoms. The molecule has 1 heterocycles. The van der Waals surface area contributed by atoms with Crippen LogP contribution in [0, 0.1) is 12.8 Å². The number of hydrogen-bond donors (Lipinski definition) is 1. The van der Waals surface area contributed by atoms with E-state index in [9.17, 15) is 0 Å². The standard InChI is InChI=1S/C14H24N2OS/c1-11-10-18-13(16-11)14(2,15-8-9-17-3)12-6-4-5-7-12/h10,12,15H,4-9H2,1-3H3. The van der Waals surface area contributed by atoms with Gasteiger partial charge >= 0.3 is 0 Å². The van der Waals surface area contributed by atoms with Gasteiger partial charge in [0.15, 0.2) is 0 Å². The Morgan fingerprint density at radius 2 is 2.22 bits per heavy atom. The Morgan fingerprint density at radius 3 is 2.78 bits per heavy atom. The minimum atomic E-state index is 0.0218. The van der Waals surface area contributed by atoms with Gasteiger partial charge in [-0.2, -0.15) is 0 Å². The number of thiazole rings is 1. The first-order valence-corrected chi connectivity index (χ1v) is 7.71. The number of ether oxygens (including phenoxy) is 1. The second kappa shape index (κ2) is 6.13. The summed E-state index contributed by atoms with van der Waals surface area (Å²) in [6, 6.07) is 0. The van der Waals surface area contributed by atoms with E-state index in [1.165, 1.54) is 30.7 Å². The van der Waals surface area contributed by atoms with Crippen LogP contribution in [0.2, 0.25) is 0 Å². The normalized spacial score (nSPS) is 20.2. The van der Waals surface area contributed by atoms with Crippen LogP contribution in [-0.2, 0) is 10.3 Å². The molecular weight excluding hydrogens is 244 g/mol. The summed E-state index contributed by atoms with van der Waals surface area (Å²) in [5, 5.41) is 7.08. The van der Waals surface area contributed by atoms with Gasteiger partial charge in [-0.1, -0.05) is 12.8 Å². The summed E-state index contributed by atoms with van der Waals surface area (Å²) < 4.78 is 5.16. The SMILES string of the molecule is COCCNC(C)(c1nc(C)cs1)C1CCCC1. The Kier molecular flexibility index (Phi) is 4.76. The van der Waals surface area contributed by atoms with Crippen molar-refractivity contribution in [2.45, 2.75) is 45.1 Å². The lowest BCUT2D eigenvalue weighted by atomic mass is 9.84. The van der Waals surface area contributed by atoms with Crippen LogP contribution in [0.3, 0.4) is 0 Å². The molecule has 1 N–H and O–H groups in total. The van der Waals surface area contributed by atoms with Gasteiger partial charge < -0.3 is 10.1 Å². The Balaban J connectivity index is 2.15. The van der Waals surface area contributed by atoms with Gasteiger partial charge in [0.25, 0.3) is 0 Å². The predicted molar refractivity (Wildman–Crippen MR) is 76.0 cm³/mol. The number of aromatic nitrogens is 1. The molecule has 0 saturated heterocycles. The van der Waals surface area contributed by atoms with E-state index in [1.807, 2.05) is 0 Å². The molecule has 0 spiro atoms. The molecule has 1 aromatic rings. The van der Waals surface area contributed by atoms with Crippen LogP contribution in [0.1, 0.15) is 43.3 Å². The Bertz CT molecular complexity index is 374. The highest BCUT2D eigenvalue weighted by Crippen LogP contribution is 2.41. The molecule has 0 aliphatic heterocycles. The lowest BCUT2D eigenvalue weighted by molar-refractivity contribution is 0.166. The third-order valence-electron chi connectivity index (χ3n) is 4.03. The second-order valence-corrected chi connectivity index (χ2v) is 6.26. The second-order valence-electron chi connectivity index (χ2n) is 5.40. The Hall–Kier alpha value is -0.450. The molecule has 1 unspecified atom stereocenters. The number of rotatable bonds is 6. The van der Waals surface area contributed by atoms with Gasteiger partial charge in [-0.25, -0.2) is 4.98 Å². The maximum absolute atomic E-state index is 5.16. The molecule has 1 aliphatic carbocycles. The summed E-state index contributed by atoms with van der Waals surface area (Å²) in [5.74, 6) is 0.708. The molecule has 0 aromatic carbocycles. The summed E-state index contributed by atoms with van der Waals surface area (Å²) in [6.07, 6.45) is 5.34. The van der Waals surface area contributed by atoms with E-state index in [-0.39, 0.29) is 5.54 Å². The predicted octanol–water partition coefficient (Wildman–Crippen LogP) is 3.09. The first kappa shape index (κ1) is 14.0. The molecule has 4 heteroatoms. The zero-order valence-electron chi connectivity index (χ0n) is 11.7. The van der Waals surface area contributed by atoms with Crippen LogP contribution in [-0.4, -0.2) is 25.2 Å². The van der Waals surface area contributed by atoms with Gasteiger partial charge in [-0.05, 0) is 32.6 Å². The zero-order chi connectivity index (χ0) is 13.0. The Morgan fingerprint density at radius 1 is 1.50 bits per heavy atom. The van der Waals surface area contributed by atoms with Gasteiger partial charge in [0.2, 0.25) is 0 Å². The van der Waals surface area contributed by atoms with Crippen molar-refractivity contribution in [1.82, 2.24) is 10.3 Å². The maximum Gasteiger partial charge on any atom is 0.113 e. The third-order valence-corrected chi connectivity index (χ3v) is 5.23. The minimum Gasteiger partial charge on any atom is -0.383 e. The first-order chi connectivity index (χ1) is 8.66. The highest BCUT2D eigenvalue weighted by atomic mass is 32.1. The molecule has 1 atom stereocenters. The average molecular weight is 268 g/mol. The summed E-state index contributed by atoms with van der Waals surface area (Å²) in [4.78, 5) is 4.72. The molecular formula is C14H24N2OS. The smallest absolute Gasteiger partial charge is 0.113 e. The molecule has 3 nitrogen and oxygen atoms in total. The van der Waals surface area contributed by atoms with E-state index in [4.69, 9.17) is 9.72 Å². The fourth-order valence-corrected chi connectivity index (χ4v) is 3.92. The fourth-order valence-electron chi connectivity index (χ4n) is 2.90. The van der Waals surface area contributed by atoms with Crippen LogP contribution in [0.25, 0.3) is 0 Å². The van der Waals surface area contributed by atoms with E-state index in [2.05, 4.69) is 24.5 Å². The first-order valence-electron chi connectivity index (χ1n) is 6.83. The maximum atomic E-state index is 5.16. The van der Waals surface area contributed by atoms with Crippen molar-refractivity contribution in [2.24, 2.45) is 5.92 Å². The molecule has 0 amide bonds. The largest absolute Gasteiger partial charge is 0.383 e. The van der Waals surface area contributed by atoms with Crippen LogP contribution >= 0.6 is 11.3 Å². The highest BCUT2D eigenvalue weighted by molar-refractivity contribution is 7.09. The zero-order valence-corrected chi connectivity index (χ0v) is 12.5. The highest BCUT2D eigenvalue weighted by Gasteiger charge is 2.39. The lowest BCUT2D eigenvalue weighted by Gasteiger charge is -2.35. The third kappa shape index (κ3) is 2.92.